The van der Waals surface area contributed by atoms with E-state index in [-0.39, 0.29) is 11.9 Å². The lowest BCUT2D eigenvalue weighted by Gasteiger charge is -2.30. The molecule has 0 aromatic rings. The summed E-state index contributed by atoms with van der Waals surface area (Å²) in [6, 6.07) is -0.266. The molecule has 86 valence electrons. The summed E-state index contributed by atoms with van der Waals surface area (Å²) in [6.07, 6.45) is -0.527. The Balaban J connectivity index is 2.54. The van der Waals surface area contributed by atoms with Gasteiger partial charge in [0.05, 0.1) is 30.9 Å². The molecule has 2 unspecified atom stereocenters. The molecule has 0 aromatic carbocycles. The van der Waals surface area contributed by atoms with Gasteiger partial charge in [0.2, 0.25) is 0 Å². The van der Waals surface area contributed by atoms with Gasteiger partial charge in [-0.25, -0.2) is 0 Å². The summed E-state index contributed by atoms with van der Waals surface area (Å²) in [5.74, 6) is -0.144. The first-order valence-corrected chi connectivity index (χ1v) is 5.20. The maximum Gasteiger partial charge on any atom is 0.254 e. The Bertz CT molecular complexity index is 254. The Labute approximate surface area is 94.5 Å². The minimum atomic E-state index is -0.527. The predicted molar refractivity (Wildman–Crippen MR) is 59.6 cm³/mol. The molecule has 1 heterocycles. The van der Waals surface area contributed by atoms with Crippen molar-refractivity contribution in [2.45, 2.75) is 19.1 Å². The first kappa shape index (κ1) is 12.4. The number of likely N-dealkylation sites (N-methyl/N-ethyl adjacent to an activating group) is 1. The number of carbonyl (C=O) groups excluding carboxylic acids is 1. The highest BCUT2D eigenvalue weighted by molar-refractivity contribution is 7.80. The van der Waals surface area contributed by atoms with E-state index in [4.69, 9.17) is 27.4 Å². The number of nitrogens with two attached hydrogens (primary N) is 1. The second-order valence-corrected chi connectivity index (χ2v) is 3.93. The standard InChI is InChI=1S/C9H16N2O3S/c1-6(8(10)15)11(2)9(12)7-5-13-3-4-14-7/h6-7H,3-5H2,1-2H3,(H2,10,15). The Morgan fingerprint density at radius 2 is 2.27 bits per heavy atom. The lowest BCUT2D eigenvalue weighted by molar-refractivity contribution is -0.157. The van der Waals surface area contributed by atoms with E-state index in [1.807, 2.05) is 0 Å². The molecule has 1 aliphatic heterocycles. The van der Waals surface area contributed by atoms with Crippen LogP contribution >= 0.6 is 12.2 Å². The molecule has 0 bridgehead atoms. The van der Waals surface area contributed by atoms with Gasteiger partial charge in [0, 0.05) is 7.05 Å². The predicted octanol–water partition coefficient (Wildman–Crippen LogP) is -0.465. The zero-order valence-electron chi connectivity index (χ0n) is 8.93. The van der Waals surface area contributed by atoms with Crippen LogP contribution in [0.1, 0.15) is 6.92 Å². The normalized spacial score (nSPS) is 23.2. The van der Waals surface area contributed by atoms with Crippen molar-refractivity contribution in [3.63, 3.8) is 0 Å². The highest BCUT2D eigenvalue weighted by Crippen LogP contribution is 2.07. The van der Waals surface area contributed by atoms with E-state index < -0.39 is 6.10 Å². The third-order valence-corrected chi connectivity index (χ3v) is 2.77. The van der Waals surface area contributed by atoms with Crippen molar-refractivity contribution in [2.75, 3.05) is 26.9 Å². The number of thiocarbonyl (C=S) groups is 1. The first-order chi connectivity index (χ1) is 7.04. The molecule has 2 atom stereocenters. The molecule has 0 aliphatic carbocycles. The van der Waals surface area contributed by atoms with E-state index in [0.29, 0.717) is 24.8 Å². The lowest BCUT2D eigenvalue weighted by Crippen LogP contribution is -2.50. The summed E-state index contributed by atoms with van der Waals surface area (Å²) in [5, 5.41) is 0. The topological polar surface area (TPSA) is 64.8 Å². The summed E-state index contributed by atoms with van der Waals surface area (Å²) in [6.45, 7) is 3.07. The van der Waals surface area contributed by atoms with Crippen molar-refractivity contribution < 1.29 is 14.3 Å². The SMILES string of the molecule is CC(C(N)=S)N(C)C(=O)C1COCCO1. The highest BCUT2D eigenvalue weighted by Gasteiger charge is 2.28. The van der Waals surface area contributed by atoms with Gasteiger partial charge in [-0.05, 0) is 6.92 Å². The van der Waals surface area contributed by atoms with Crippen molar-refractivity contribution in [1.82, 2.24) is 4.90 Å². The Hall–Kier alpha value is -0.720. The molecule has 2 N–H and O–H groups in total. The summed E-state index contributed by atoms with van der Waals surface area (Å²) in [5.41, 5.74) is 5.47. The largest absolute Gasteiger partial charge is 0.392 e. The third-order valence-electron chi connectivity index (χ3n) is 2.43. The maximum absolute atomic E-state index is 11.8. The number of ether oxygens (including phenoxy) is 2. The molecule has 0 aromatic heterocycles. The Morgan fingerprint density at radius 3 is 2.73 bits per heavy atom. The average molecular weight is 232 g/mol. The van der Waals surface area contributed by atoms with Crippen molar-refractivity contribution in [1.29, 1.82) is 0 Å². The van der Waals surface area contributed by atoms with Crippen LogP contribution in [0.25, 0.3) is 0 Å². The number of nitrogens with zero attached hydrogens (tertiary/aromatic N) is 1. The second kappa shape index (κ2) is 5.39. The molecule has 0 spiro atoms. The van der Waals surface area contributed by atoms with Gasteiger partial charge in [-0.2, -0.15) is 0 Å². The number of carbonyl (C=O) groups is 1. The van der Waals surface area contributed by atoms with Gasteiger partial charge < -0.3 is 20.1 Å². The van der Waals surface area contributed by atoms with Crippen LogP contribution in [0.2, 0.25) is 0 Å². The molecule has 6 heteroatoms. The second-order valence-electron chi connectivity index (χ2n) is 3.46. The molecule has 1 saturated heterocycles. The molecule has 1 fully saturated rings. The van der Waals surface area contributed by atoms with E-state index >= 15 is 0 Å². The summed E-state index contributed by atoms with van der Waals surface area (Å²) < 4.78 is 10.4. The van der Waals surface area contributed by atoms with E-state index in [0.717, 1.165) is 0 Å². The molecular weight excluding hydrogens is 216 g/mol. The summed E-state index contributed by atoms with van der Waals surface area (Å²) in [7, 11) is 1.66. The molecule has 1 amide bonds. The fraction of sp³-hybridized carbons (Fsp3) is 0.778. The van der Waals surface area contributed by atoms with Crippen LogP contribution in [0, 0.1) is 0 Å². The van der Waals surface area contributed by atoms with Crippen molar-refractivity contribution in [2.24, 2.45) is 5.73 Å². The highest BCUT2D eigenvalue weighted by atomic mass is 32.1. The van der Waals surface area contributed by atoms with Gasteiger partial charge in [-0.15, -0.1) is 0 Å². The Morgan fingerprint density at radius 1 is 1.60 bits per heavy atom. The fourth-order valence-electron chi connectivity index (χ4n) is 1.24. The molecule has 0 saturated carbocycles. The van der Waals surface area contributed by atoms with Crippen molar-refractivity contribution in [3.05, 3.63) is 0 Å². The maximum atomic E-state index is 11.8. The monoisotopic (exact) mass is 232 g/mol. The molecule has 15 heavy (non-hydrogen) atoms. The first-order valence-electron chi connectivity index (χ1n) is 4.79. The third kappa shape index (κ3) is 3.12. The van der Waals surface area contributed by atoms with Crippen LogP contribution < -0.4 is 5.73 Å². The van der Waals surface area contributed by atoms with E-state index in [1.165, 1.54) is 4.90 Å². The number of hydrogen-bond donors (Lipinski definition) is 1. The lowest BCUT2D eigenvalue weighted by atomic mass is 10.2. The zero-order chi connectivity index (χ0) is 11.4. The Kier molecular flexibility index (Phi) is 4.44. The smallest absolute Gasteiger partial charge is 0.254 e. The fourth-order valence-corrected chi connectivity index (χ4v) is 1.40. The molecular formula is C9H16N2O3S. The minimum Gasteiger partial charge on any atom is -0.392 e. The van der Waals surface area contributed by atoms with Gasteiger partial charge in [0.15, 0.2) is 6.10 Å². The molecule has 1 aliphatic rings. The van der Waals surface area contributed by atoms with E-state index in [9.17, 15) is 4.79 Å². The summed E-state index contributed by atoms with van der Waals surface area (Å²) >= 11 is 4.83. The number of rotatable bonds is 3. The number of amides is 1. The van der Waals surface area contributed by atoms with Crippen molar-refractivity contribution in [3.8, 4) is 0 Å². The molecule has 5 nitrogen and oxygen atoms in total. The van der Waals surface area contributed by atoms with E-state index in [1.54, 1.807) is 14.0 Å². The molecule has 0 radical (unpaired) electrons. The van der Waals surface area contributed by atoms with Crippen LogP contribution in [-0.2, 0) is 14.3 Å². The minimum absolute atomic E-state index is 0.144. The van der Waals surface area contributed by atoms with E-state index in [2.05, 4.69) is 0 Å². The van der Waals surface area contributed by atoms with Crippen LogP contribution in [0.4, 0.5) is 0 Å². The summed E-state index contributed by atoms with van der Waals surface area (Å²) in [4.78, 5) is 13.6. The number of hydrogen-bond acceptors (Lipinski definition) is 4. The van der Waals surface area contributed by atoms with Gasteiger partial charge in [-0.3, -0.25) is 4.79 Å². The van der Waals surface area contributed by atoms with Crippen LogP contribution in [0.15, 0.2) is 0 Å². The quantitative estimate of drug-likeness (QED) is 0.667. The average Bonchev–Trinajstić information content (AvgIpc) is 2.27. The van der Waals surface area contributed by atoms with Gasteiger partial charge in [0.1, 0.15) is 0 Å². The van der Waals surface area contributed by atoms with Gasteiger partial charge >= 0.3 is 0 Å². The van der Waals surface area contributed by atoms with Gasteiger partial charge in [0.25, 0.3) is 5.91 Å². The van der Waals surface area contributed by atoms with Crippen LogP contribution in [0.3, 0.4) is 0 Å². The van der Waals surface area contributed by atoms with Crippen LogP contribution in [-0.4, -0.2) is 54.8 Å². The zero-order valence-corrected chi connectivity index (χ0v) is 9.75. The van der Waals surface area contributed by atoms with Crippen molar-refractivity contribution >= 4 is 23.1 Å². The molecule has 1 rings (SSSR count). The van der Waals surface area contributed by atoms with Gasteiger partial charge in [-0.1, -0.05) is 12.2 Å². The van der Waals surface area contributed by atoms with Crippen LogP contribution in [0.5, 0.6) is 0 Å².